The lowest BCUT2D eigenvalue weighted by Crippen LogP contribution is -2.26. The Morgan fingerprint density at radius 2 is 0.962 bits per heavy atom. The molecule has 52 heavy (non-hydrogen) atoms. The van der Waals surface area contributed by atoms with Gasteiger partial charge in [0.1, 0.15) is 16.7 Å². The van der Waals surface area contributed by atoms with Crippen LogP contribution in [0.15, 0.2) is 185 Å². The van der Waals surface area contributed by atoms with Crippen LogP contribution in [0.1, 0.15) is 22.3 Å². The Hall–Kier alpha value is -6.84. The van der Waals surface area contributed by atoms with Crippen molar-refractivity contribution in [1.29, 1.82) is 0 Å². The molecule has 2 aliphatic carbocycles. The summed E-state index contributed by atoms with van der Waals surface area (Å²) in [6.07, 6.45) is 0. The maximum atomic E-state index is 7.02. The largest absolute Gasteiger partial charge is 0.456 e. The van der Waals surface area contributed by atoms with E-state index in [1.165, 1.54) is 44.5 Å². The van der Waals surface area contributed by atoms with E-state index >= 15 is 0 Å². The van der Waals surface area contributed by atoms with E-state index in [1.807, 2.05) is 12.1 Å². The van der Waals surface area contributed by atoms with Crippen LogP contribution in [0, 0.1) is 0 Å². The highest BCUT2D eigenvalue weighted by atomic mass is 16.3. The molecule has 2 aromatic heterocycles. The second-order valence-electron chi connectivity index (χ2n) is 14.0. The summed E-state index contributed by atoms with van der Waals surface area (Å²) in [4.78, 5) is 2.36. The maximum Gasteiger partial charge on any atom is 0.159 e. The minimum atomic E-state index is -0.434. The van der Waals surface area contributed by atoms with Crippen molar-refractivity contribution < 1.29 is 8.83 Å². The summed E-state index contributed by atoms with van der Waals surface area (Å²) in [5.41, 5.74) is 16.5. The first-order chi connectivity index (χ1) is 25.8. The van der Waals surface area contributed by atoms with E-state index in [4.69, 9.17) is 8.83 Å². The normalized spacial score (nSPS) is 13.5. The van der Waals surface area contributed by atoms with Crippen LogP contribution in [-0.4, -0.2) is 0 Å². The van der Waals surface area contributed by atoms with Crippen LogP contribution >= 0.6 is 0 Å². The van der Waals surface area contributed by atoms with Crippen LogP contribution in [0.25, 0.3) is 66.1 Å². The molecule has 2 heterocycles. The molecule has 0 N–H and O–H groups in total. The minimum absolute atomic E-state index is 0.434. The summed E-state index contributed by atoms with van der Waals surface area (Å²) in [6, 6.07) is 63.5. The summed E-state index contributed by atoms with van der Waals surface area (Å²) in [5, 5.41) is 4.22. The zero-order valence-electron chi connectivity index (χ0n) is 28.0. The van der Waals surface area contributed by atoms with Gasteiger partial charge >= 0.3 is 0 Å². The summed E-state index contributed by atoms with van der Waals surface area (Å²) >= 11 is 0. The number of furan rings is 2. The lowest BCUT2D eigenvalue weighted by molar-refractivity contribution is 0.663. The minimum Gasteiger partial charge on any atom is -0.456 e. The van der Waals surface area contributed by atoms with Crippen molar-refractivity contribution in [3.05, 3.63) is 198 Å². The Balaban J connectivity index is 1.15. The molecule has 0 fully saturated rings. The van der Waals surface area contributed by atoms with E-state index in [-0.39, 0.29) is 0 Å². The highest BCUT2D eigenvalue weighted by Crippen LogP contribution is 2.63. The molecule has 1 spiro atoms. The van der Waals surface area contributed by atoms with Gasteiger partial charge in [0.25, 0.3) is 0 Å². The van der Waals surface area contributed by atoms with Crippen LogP contribution in [0.3, 0.4) is 0 Å². The van der Waals surface area contributed by atoms with Crippen molar-refractivity contribution >= 4 is 60.9 Å². The molecule has 10 aromatic rings. The summed E-state index contributed by atoms with van der Waals surface area (Å²) < 4.78 is 13.3. The van der Waals surface area contributed by atoms with Crippen LogP contribution in [0.5, 0.6) is 0 Å². The smallest absolute Gasteiger partial charge is 0.159 e. The van der Waals surface area contributed by atoms with Crippen molar-refractivity contribution in [3.63, 3.8) is 0 Å². The zero-order chi connectivity index (χ0) is 34.0. The third-order valence-electron chi connectivity index (χ3n) is 11.5. The highest BCUT2D eigenvalue weighted by Gasteiger charge is 2.51. The highest BCUT2D eigenvalue weighted by molar-refractivity contribution is 6.23. The van der Waals surface area contributed by atoms with Crippen molar-refractivity contribution in [2.24, 2.45) is 0 Å². The molecular formula is C49H29NO2. The number of hydrogen-bond acceptors (Lipinski definition) is 3. The number of nitrogens with zero attached hydrogens (tertiary/aromatic N) is 1. The third-order valence-corrected chi connectivity index (χ3v) is 11.5. The standard InChI is InChI=1S/C49H29NO2/c1-2-13-30(14-3-1)50(43-23-12-19-36-37-27-28-45-46(48(37)52-47(36)43)38-18-7-11-24-44(38)51-45)31-25-26-35-34-17-6-10-22-41(34)49(42(35)29-31)39-20-8-4-15-32(39)33-16-5-9-21-40(33)49/h1-29H. The molecule has 0 radical (unpaired) electrons. The number of para-hydroxylation sites is 3. The number of fused-ring (bicyclic) bond motifs is 17. The van der Waals surface area contributed by atoms with Crippen molar-refractivity contribution in [1.82, 2.24) is 0 Å². The van der Waals surface area contributed by atoms with Gasteiger partial charge in [-0.1, -0.05) is 127 Å². The van der Waals surface area contributed by atoms with E-state index in [1.54, 1.807) is 0 Å². The monoisotopic (exact) mass is 663 g/mol. The van der Waals surface area contributed by atoms with Crippen LogP contribution in [-0.2, 0) is 5.41 Å². The Morgan fingerprint density at radius 1 is 0.365 bits per heavy atom. The van der Waals surface area contributed by atoms with E-state index in [9.17, 15) is 0 Å². The van der Waals surface area contributed by atoms with Gasteiger partial charge in [0.2, 0.25) is 0 Å². The van der Waals surface area contributed by atoms with Crippen LogP contribution < -0.4 is 4.90 Å². The van der Waals surface area contributed by atoms with Crippen LogP contribution in [0.4, 0.5) is 17.1 Å². The molecule has 12 rings (SSSR count). The van der Waals surface area contributed by atoms with Gasteiger partial charge < -0.3 is 13.7 Å². The Morgan fingerprint density at radius 3 is 1.69 bits per heavy atom. The predicted octanol–water partition coefficient (Wildman–Crippen LogP) is 13.3. The van der Waals surface area contributed by atoms with Gasteiger partial charge in [-0.15, -0.1) is 0 Å². The molecule has 0 saturated carbocycles. The molecule has 8 aromatic carbocycles. The second-order valence-corrected chi connectivity index (χ2v) is 14.0. The van der Waals surface area contributed by atoms with Gasteiger partial charge in [-0.3, -0.25) is 0 Å². The van der Waals surface area contributed by atoms with Gasteiger partial charge in [-0.2, -0.15) is 0 Å². The molecule has 0 saturated heterocycles. The fourth-order valence-corrected chi connectivity index (χ4v) is 9.45. The average Bonchev–Trinajstić information content (AvgIpc) is 3.94. The van der Waals surface area contributed by atoms with Gasteiger partial charge in [0.05, 0.1) is 16.5 Å². The van der Waals surface area contributed by atoms with Gasteiger partial charge in [-0.25, -0.2) is 0 Å². The first kappa shape index (κ1) is 27.9. The SMILES string of the molecule is c1ccc(N(c2ccc3c(c2)C2(c4ccccc4-c4ccccc42)c2ccccc2-3)c2cccc3c2oc2c3ccc3oc4ccccc4c32)cc1. The Bertz CT molecular complexity index is 3030. The molecule has 0 atom stereocenters. The number of benzene rings is 8. The van der Waals surface area contributed by atoms with Crippen molar-refractivity contribution in [2.75, 3.05) is 4.90 Å². The zero-order valence-corrected chi connectivity index (χ0v) is 28.0. The fourth-order valence-electron chi connectivity index (χ4n) is 9.45. The molecule has 2 aliphatic rings. The topological polar surface area (TPSA) is 29.5 Å². The lowest BCUT2D eigenvalue weighted by atomic mass is 9.70. The molecule has 0 aliphatic heterocycles. The molecule has 0 amide bonds. The number of rotatable bonds is 3. The first-order valence-electron chi connectivity index (χ1n) is 17.9. The average molecular weight is 664 g/mol. The molecule has 3 heteroatoms. The summed E-state index contributed by atoms with van der Waals surface area (Å²) in [5.74, 6) is 0. The molecule has 242 valence electrons. The maximum absolute atomic E-state index is 7.02. The van der Waals surface area contributed by atoms with Gasteiger partial charge in [0, 0.05) is 27.5 Å². The molecular weight excluding hydrogens is 635 g/mol. The predicted molar refractivity (Wildman–Crippen MR) is 212 cm³/mol. The van der Waals surface area contributed by atoms with Crippen LogP contribution in [0.2, 0.25) is 0 Å². The van der Waals surface area contributed by atoms with Gasteiger partial charge in [-0.05, 0) is 93.0 Å². The van der Waals surface area contributed by atoms with E-state index in [2.05, 4.69) is 169 Å². The molecule has 0 bridgehead atoms. The Labute approximate surface area is 299 Å². The van der Waals surface area contributed by atoms with E-state index < -0.39 is 5.41 Å². The summed E-state index contributed by atoms with van der Waals surface area (Å²) in [7, 11) is 0. The molecule has 0 unspecified atom stereocenters. The number of hydrogen-bond donors (Lipinski definition) is 0. The van der Waals surface area contributed by atoms with E-state index in [0.717, 1.165) is 60.9 Å². The van der Waals surface area contributed by atoms with Crippen molar-refractivity contribution in [2.45, 2.75) is 5.41 Å². The first-order valence-corrected chi connectivity index (χ1v) is 17.9. The Kier molecular flexibility index (Phi) is 5.43. The summed E-state index contributed by atoms with van der Waals surface area (Å²) in [6.45, 7) is 0. The number of anilines is 3. The third kappa shape index (κ3) is 3.45. The van der Waals surface area contributed by atoms with Gasteiger partial charge in [0.15, 0.2) is 5.58 Å². The fraction of sp³-hybridized carbons (Fsp3) is 0.0204. The van der Waals surface area contributed by atoms with E-state index in [0.29, 0.717) is 0 Å². The quantitative estimate of drug-likeness (QED) is 0.188. The van der Waals surface area contributed by atoms with Crippen molar-refractivity contribution in [3.8, 4) is 22.3 Å². The second kappa shape index (κ2) is 10.1. The molecule has 3 nitrogen and oxygen atoms in total. The lowest BCUT2D eigenvalue weighted by Gasteiger charge is -2.32.